The number of esters is 1. The highest BCUT2D eigenvalue weighted by Gasteiger charge is 2.18. The van der Waals surface area contributed by atoms with Gasteiger partial charge in [-0.3, -0.25) is 0 Å². The first-order chi connectivity index (χ1) is 13.2. The number of hydrogen-bond donors (Lipinski definition) is 1. The molecule has 0 radical (unpaired) electrons. The van der Waals surface area contributed by atoms with Crippen molar-refractivity contribution in [3.63, 3.8) is 0 Å². The Hall–Kier alpha value is -3.41. The summed E-state index contributed by atoms with van der Waals surface area (Å²) >= 11 is 0. The van der Waals surface area contributed by atoms with Gasteiger partial charge in [-0.05, 0) is 35.7 Å². The van der Waals surface area contributed by atoms with E-state index in [1.165, 1.54) is 18.2 Å². The number of rotatable bonds is 4. The molecule has 0 atom stereocenters. The van der Waals surface area contributed by atoms with Crippen LogP contribution in [0.1, 0.15) is 21.5 Å². The first kappa shape index (κ1) is 17.0. The van der Waals surface area contributed by atoms with Gasteiger partial charge in [-0.25, -0.2) is 9.78 Å². The number of carbonyl (C=O) groups excluding carboxylic acids is 1. The summed E-state index contributed by atoms with van der Waals surface area (Å²) in [6.07, 6.45) is 2.72. The first-order valence-corrected chi connectivity index (χ1v) is 8.84. The molecule has 27 heavy (non-hydrogen) atoms. The molecule has 0 saturated heterocycles. The molecule has 0 bridgehead atoms. The van der Waals surface area contributed by atoms with Crippen molar-refractivity contribution in [2.24, 2.45) is 0 Å². The van der Waals surface area contributed by atoms with E-state index in [0.29, 0.717) is 17.2 Å². The molecule has 4 rings (SSSR count). The van der Waals surface area contributed by atoms with Gasteiger partial charge in [0.25, 0.3) is 0 Å². The fraction of sp³-hybridized carbons (Fsp3) is 0.190. The summed E-state index contributed by atoms with van der Waals surface area (Å²) < 4.78 is 4.84. The molecule has 1 aliphatic heterocycles. The maximum absolute atomic E-state index is 11.9. The Morgan fingerprint density at radius 3 is 2.70 bits per heavy atom. The Bertz CT molecular complexity index is 974. The van der Waals surface area contributed by atoms with Gasteiger partial charge in [-0.2, -0.15) is 4.98 Å². The zero-order chi connectivity index (χ0) is 18.6. The number of para-hydroxylation sites is 1. The van der Waals surface area contributed by atoms with Crippen LogP contribution in [0.25, 0.3) is 0 Å². The van der Waals surface area contributed by atoms with Gasteiger partial charge in [0.05, 0.1) is 18.4 Å². The van der Waals surface area contributed by atoms with E-state index in [2.05, 4.69) is 44.5 Å². The topological polar surface area (TPSA) is 67.3 Å². The predicted molar refractivity (Wildman–Crippen MR) is 104 cm³/mol. The summed E-state index contributed by atoms with van der Waals surface area (Å²) in [6, 6.07) is 17.6. The quantitative estimate of drug-likeness (QED) is 0.718. The molecule has 0 aliphatic carbocycles. The Kier molecular flexibility index (Phi) is 4.70. The number of benzene rings is 2. The van der Waals surface area contributed by atoms with E-state index in [9.17, 15) is 4.79 Å². The Balaban J connectivity index is 1.57. The van der Waals surface area contributed by atoms with Crippen LogP contribution in [0, 0.1) is 0 Å². The van der Waals surface area contributed by atoms with Crippen molar-refractivity contribution < 1.29 is 9.53 Å². The molecule has 0 unspecified atom stereocenters. The van der Waals surface area contributed by atoms with Crippen LogP contribution in [0.5, 0.6) is 0 Å². The number of ether oxygens (including phenoxy) is 1. The Morgan fingerprint density at radius 2 is 1.85 bits per heavy atom. The van der Waals surface area contributed by atoms with Gasteiger partial charge in [0.1, 0.15) is 5.82 Å². The molecule has 0 spiro atoms. The number of methoxy groups -OCH3 is 1. The van der Waals surface area contributed by atoms with Crippen LogP contribution in [-0.4, -0.2) is 29.6 Å². The van der Waals surface area contributed by atoms with Crippen LogP contribution in [0.2, 0.25) is 0 Å². The van der Waals surface area contributed by atoms with Gasteiger partial charge in [0.15, 0.2) is 0 Å². The van der Waals surface area contributed by atoms with Gasteiger partial charge in [0, 0.05) is 19.3 Å². The number of anilines is 3. The third kappa shape index (κ3) is 3.60. The van der Waals surface area contributed by atoms with E-state index in [0.717, 1.165) is 25.3 Å². The average Bonchev–Trinajstić information content (AvgIpc) is 2.73. The van der Waals surface area contributed by atoms with E-state index in [1.54, 1.807) is 24.4 Å². The van der Waals surface area contributed by atoms with Crippen molar-refractivity contribution in [3.05, 3.63) is 77.5 Å². The number of nitrogens with one attached hydrogen (secondary N) is 1. The van der Waals surface area contributed by atoms with Gasteiger partial charge in [-0.1, -0.05) is 36.4 Å². The van der Waals surface area contributed by atoms with Gasteiger partial charge in [-0.15, -0.1) is 0 Å². The molecule has 2 aromatic carbocycles. The van der Waals surface area contributed by atoms with Crippen LogP contribution in [-0.2, 0) is 17.7 Å². The van der Waals surface area contributed by atoms with Crippen LogP contribution < -0.4 is 10.2 Å². The monoisotopic (exact) mass is 360 g/mol. The second-order valence-corrected chi connectivity index (χ2v) is 6.34. The minimum atomic E-state index is -0.401. The third-order valence-electron chi connectivity index (χ3n) is 4.67. The van der Waals surface area contributed by atoms with Crippen molar-refractivity contribution in [3.8, 4) is 0 Å². The van der Waals surface area contributed by atoms with Crippen molar-refractivity contribution in [2.75, 3.05) is 23.9 Å². The third-order valence-corrected chi connectivity index (χ3v) is 4.67. The number of carbonyl (C=O) groups is 1. The molecular weight excluding hydrogens is 340 g/mol. The minimum Gasteiger partial charge on any atom is -0.465 e. The van der Waals surface area contributed by atoms with Crippen molar-refractivity contribution in [1.82, 2.24) is 9.97 Å². The van der Waals surface area contributed by atoms with Gasteiger partial charge in [0.2, 0.25) is 5.95 Å². The standard InChI is InChI=1S/C21H20N4O2/c1-27-20(26)17-8-4-5-9-18(17)23-21-22-12-10-19(24-21)25-13-11-15-6-2-3-7-16(15)14-25/h2-10,12H,11,13-14H2,1H3,(H,22,23,24). The maximum atomic E-state index is 11.9. The summed E-state index contributed by atoms with van der Waals surface area (Å²) in [7, 11) is 1.37. The van der Waals surface area contributed by atoms with Crippen molar-refractivity contribution in [1.29, 1.82) is 0 Å². The van der Waals surface area contributed by atoms with Crippen LogP contribution in [0.15, 0.2) is 60.8 Å². The molecule has 136 valence electrons. The SMILES string of the molecule is COC(=O)c1ccccc1Nc1nccc(N2CCc3ccccc3C2)n1. The van der Waals surface area contributed by atoms with E-state index in [1.807, 2.05) is 12.1 Å². The predicted octanol–water partition coefficient (Wildman–Crippen LogP) is 3.57. The van der Waals surface area contributed by atoms with E-state index in [-0.39, 0.29) is 0 Å². The molecule has 3 aromatic rings. The summed E-state index contributed by atoms with van der Waals surface area (Å²) in [4.78, 5) is 23.1. The fourth-order valence-electron chi connectivity index (χ4n) is 3.28. The fourth-order valence-corrected chi connectivity index (χ4v) is 3.28. The van der Waals surface area contributed by atoms with Gasteiger partial charge >= 0.3 is 5.97 Å². The molecule has 0 amide bonds. The minimum absolute atomic E-state index is 0.401. The van der Waals surface area contributed by atoms with Crippen LogP contribution >= 0.6 is 0 Å². The molecule has 6 nitrogen and oxygen atoms in total. The molecule has 1 N–H and O–H groups in total. The summed E-state index contributed by atoms with van der Waals surface area (Å²) in [6.45, 7) is 1.73. The van der Waals surface area contributed by atoms with Crippen LogP contribution in [0.3, 0.4) is 0 Å². The summed E-state index contributed by atoms with van der Waals surface area (Å²) in [5, 5.41) is 3.14. The molecule has 1 aromatic heterocycles. The molecule has 0 fully saturated rings. The smallest absolute Gasteiger partial charge is 0.339 e. The Labute approximate surface area is 157 Å². The first-order valence-electron chi connectivity index (χ1n) is 8.84. The second-order valence-electron chi connectivity index (χ2n) is 6.34. The molecule has 1 aliphatic rings. The number of fused-ring (bicyclic) bond motifs is 1. The summed E-state index contributed by atoms with van der Waals surface area (Å²) in [5.41, 5.74) is 3.78. The second kappa shape index (κ2) is 7.45. The average molecular weight is 360 g/mol. The highest BCUT2D eigenvalue weighted by atomic mass is 16.5. The number of hydrogen-bond acceptors (Lipinski definition) is 6. The van der Waals surface area contributed by atoms with Crippen molar-refractivity contribution in [2.45, 2.75) is 13.0 Å². The molecular formula is C21H20N4O2. The Morgan fingerprint density at radius 1 is 1.07 bits per heavy atom. The number of aromatic nitrogens is 2. The van der Waals surface area contributed by atoms with E-state index >= 15 is 0 Å². The van der Waals surface area contributed by atoms with Gasteiger partial charge < -0.3 is 15.0 Å². The summed E-state index contributed by atoms with van der Waals surface area (Å²) in [5.74, 6) is 0.905. The lowest BCUT2D eigenvalue weighted by molar-refractivity contribution is 0.0602. The highest BCUT2D eigenvalue weighted by molar-refractivity contribution is 5.96. The van der Waals surface area contributed by atoms with E-state index in [4.69, 9.17) is 4.74 Å². The normalized spacial score (nSPS) is 13.0. The highest BCUT2D eigenvalue weighted by Crippen LogP contribution is 2.25. The van der Waals surface area contributed by atoms with Crippen molar-refractivity contribution >= 4 is 23.4 Å². The lowest BCUT2D eigenvalue weighted by Crippen LogP contribution is -2.31. The zero-order valence-electron chi connectivity index (χ0n) is 15.1. The zero-order valence-corrected chi connectivity index (χ0v) is 15.1. The number of nitrogens with zero attached hydrogens (tertiary/aromatic N) is 3. The van der Waals surface area contributed by atoms with E-state index < -0.39 is 5.97 Å². The molecule has 6 heteroatoms. The largest absolute Gasteiger partial charge is 0.465 e. The molecule has 0 saturated carbocycles. The van der Waals surface area contributed by atoms with Crippen LogP contribution in [0.4, 0.5) is 17.5 Å². The maximum Gasteiger partial charge on any atom is 0.339 e. The lowest BCUT2D eigenvalue weighted by atomic mass is 10.00. The molecule has 2 heterocycles. The lowest BCUT2D eigenvalue weighted by Gasteiger charge is -2.29.